The number of hydrogen-bond acceptors (Lipinski definition) is 8. The smallest absolute Gasteiger partial charge is 0.143 e. The Hall–Kier alpha value is -7.06. The highest BCUT2D eigenvalue weighted by atomic mass is 16.5. The molecule has 0 aliphatic rings. The molecule has 0 amide bonds. The molecule has 52 heavy (non-hydrogen) atoms. The lowest BCUT2D eigenvalue weighted by molar-refractivity contribution is 0.467. The first kappa shape index (κ1) is 33.4. The summed E-state index contributed by atoms with van der Waals surface area (Å²) in [5.41, 5.74) is 30.9. The maximum absolute atomic E-state index is 6.83. The van der Waals surface area contributed by atoms with Crippen LogP contribution in [0.5, 0.6) is 46.0 Å². The van der Waals surface area contributed by atoms with Crippen LogP contribution in [-0.4, -0.2) is 0 Å². The molecular weight excluding hydrogens is 649 g/mol. The number of hydrogen-bond donors (Lipinski definition) is 4. The van der Waals surface area contributed by atoms with E-state index in [1.54, 1.807) is 12.1 Å². The Kier molecular flexibility index (Phi) is 9.53. The zero-order valence-electron chi connectivity index (χ0n) is 28.6. The Labute approximate surface area is 302 Å². The van der Waals surface area contributed by atoms with Gasteiger partial charge in [0.25, 0.3) is 0 Å². The van der Waals surface area contributed by atoms with Gasteiger partial charge in [0, 0.05) is 39.4 Å². The molecule has 0 aromatic heterocycles. The molecule has 8 heteroatoms. The number of ether oxygens (including phenoxy) is 4. The van der Waals surface area contributed by atoms with E-state index in [-0.39, 0.29) is 0 Å². The summed E-state index contributed by atoms with van der Waals surface area (Å²) in [5.74, 6) is 5.37. The molecule has 0 spiro atoms. The quantitative estimate of drug-likeness (QED) is 0.0985. The van der Waals surface area contributed by atoms with Crippen molar-refractivity contribution in [2.24, 2.45) is 0 Å². The molecule has 8 nitrogen and oxygen atoms in total. The monoisotopic (exact) mass is 686 g/mol. The maximum atomic E-state index is 6.83. The lowest BCUT2D eigenvalue weighted by atomic mass is 9.90. The van der Waals surface area contributed by atoms with Crippen LogP contribution < -0.4 is 41.9 Å². The van der Waals surface area contributed by atoms with E-state index in [1.807, 2.05) is 140 Å². The maximum Gasteiger partial charge on any atom is 0.143 e. The van der Waals surface area contributed by atoms with Gasteiger partial charge in [-0.05, 0) is 145 Å². The highest BCUT2D eigenvalue weighted by Crippen LogP contribution is 2.49. The third kappa shape index (κ3) is 7.72. The summed E-state index contributed by atoms with van der Waals surface area (Å²) in [4.78, 5) is 0. The van der Waals surface area contributed by atoms with Gasteiger partial charge in [-0.25, -0.2) is 0 Å². The van der Waals surface area contributed by atoms with Gasteiger partial charge in [-0.1, -0.05) is 31.2 Å². The Morgan fingerprint density at radius 2 is 0.712 bits per heavy atom. The first-order valence-corrected chi connectivity index (χ1v) is 16.9. The summed E-state index contributed by atoms with van der Waals surface area (Å²) in [5, 5.41) is 0. The van der Waals surface area contributed by atoms with Gasteiger partial charge in [0.15, 0.2) is 0 Å². The summed E-state index contributed by atoms with van der Waals surface area (Å²) in [6.45, 7) is 2.10. The highest BCUT2D eigenvalue weighted by Gasteiger charge is 2.24. The standard InChI is InChI=1S/C44H38N4O4/c1-2-40-42(51-38-23-11-32(47)12-24-38)27-41(28-3-15-34(16-4-28)49-36-19-7-30(45)8-20-36)44(52-39-25-13-33(48)14-26-39)43(40)29-5-17-35(18-6-29)50-37-21-9-31(46)10-22-37/h3-27H,2,45-48H2,1H3. The molecule has 0 radical (unpaired) electrons. The fourth-order valence-electron chi connectivity index (χ4n) is 5.80. The average molecular weight is 687 g/mol. The van der Waals surface area contributed by atoms with E-state index in [9.17, 15) is 0 Å². The number of benzene rings is 7. The van der Waals surface area contributed by atoms with Crippen LogP contribution in [-0.2, 0) is 6.42 Å². The molecule has 0 saturated heterocycles. The second kappa shape index (κ2) is 14.8. The zero-order valence-corrected chi connectivity index (χ0v) is 28.6. The number of rotatable bonds is 11. The molecule has 258 valence electrons. The minimum atomic E-state index is 0.637. The second-order valence-electron chi connectivity index (χ2n) is 12.2. The molecule has 7 aromatic rings. The van der Waals surface area contributed by atoms with Gasteiger partial charge in [0.2, 0.25) is 0 Å². The van der Waals surface area contributed by atoms with Crippen molar-refractivity contribution in [3.8, 4) is 68.2 Å². The van der Waals surface area contributed by atoms with Crippen molar-refractivity contribution in [2.75, 3.05) is 22.9 Å². The van der Waals surface area contributed by atoms with Gasteiger partial charge < -0.3 is 41.9 Å². The fourth-order valence-corrected chi connectivity index (χ4v) is 5.80. The molecule has 0 saturated carbocycles. The first-order valence-electron chi connectivity index (χ1n) is 16.9. The third-order valence-corrected chi connectivity index (χ3v) is 8.45. The summed E-state index contributed by atoms with van der Waals surface area (Å²) in [7, 11) is 0. The highest BCUT2D eigenvalue weighted by molar-refractivity contribution is 5.88. The van der Waals surface area contributed by atoms with E-state index in [1.165, 1.54) is 0 Å². The molecule has 0 heterocycles. The van der Waals surface area contributed by atoms with Gasteiger partial charge in [0.05, 0.1) is 0 Å². The zero-order chi connectivity index (χ0) is 36.0. The van der Waals surface area contributed by atoms with Crippen molar-refractivity contribution in [3.63, 3.8) is 0 Å². The molecule has 0 unspecified atom stereocenters. The Morgan fingerprint density at radius 3 is 1.10 bits per heavy atom. The molecule has 0 aliphatic carbocycles. The van der Waals surface area contributed by atoms with Crippen LogP contribution in [0.15, 0.2) is 152 Å². The minimum absolute atomic E-state index is 0.637. The normalized spacial score (nSPS) is 10.8. The van der Waals surface area contributed by atoms with Crippen molar-refractivity contribution < 1.29 is 18.9 Å². The van der Waals surface area contributed by atoms with Gasteiger partial charge in [-0.3, -0.25) is 0 Å². The molecule has 0 atom stereocenters. The van der Waals surface area contributed by atoms with Gasteiger partial charge >= 0.3 is 0 Å². The van der Waals surface area contributed by atoms with Crippen LogP contribution in [0, 0.1) is 0 Å². The second-order valence-corrected chi connectivity index (χ2v) is 12.2. The number of nitrogens with two attached hydrogens (primary N) is 4. The molecule has 8 N–H and O–H groups in total. The largest absolute Gasteiger partial charge is 0.457 e. The van der Waals surface area contributed by atoms with E-state index >= 15 is 0 Å². The van der Waals surface area contributed by atoms with Crippen LogP contribution in [0.1, 0.15) is 12.5 Å². The fraction of sp³-hybridized carbons (Fsp3) is 0.0455. The van der Waals surface area contributed by atoms with Crippen LogP contribution in [0.25, 0.3) is 22.3 Å². The van der Waals surface area contributed by atoms with E-state index in [4.69, 9.17) is 41.9 Å². The Morgan fingerprint density at radius 1 is 0.385 bits per heavy atom. The topological polar surface area (TPSA) is 141 Å². The number of anilines is 4. The van der Waals surface area contributed by atoms with Crippen molar-refractivity contribution >= 4 is 22.7 Å². The van der Waals surface area contributed by atoms with Crippen LogP contribution in [0.2, 0.25) is 0 Å². The van der Waals surface area contributed by atoms with Crippen LogP contribution in [0.4, 0.5) is 22.7 Å². The lowest BCUT2D eigenvalue weighted by Gasteiger charge is -2.23. The molecule has 7 rings (SSSR count). The van der Waals surface area contributed by atoms with Crippen LogP contribution >= 0.6 is 0 Å². The third-order valence-electron chi connectivity index (χ3n) is 8.45. The minimum Gasteiger partial charge on any atom is -0.457 e. The number of nitrogen functional groups attached to an aromatic ring is 4. The Bertz CT molecular complexity index is 2270. The summed E-state index contributed by atoms with van der Waals surface area (Å²) in [6.07, 6.45) is 0.649. The van der Waals surface area contributed by atoms with E-state index in [0.29, 0.717) is 75.2 Å². The molecule has 0 bridgehead atoms. The van der Waals surface area contributed by atoms with E-state index in [0.717, 1.165) is 27.8 Å². The predicted octanol–water partition coefficient (Wildman–Crippen LogP) is 11.1. The molecule has 0 fully saturated rings. The van der Waals surface area contributed by atoms with Crippen LogP contribution in [0.3, 0.4) is 0 Å². The first-order chi connectivity index (χ1) is 25.3. The predicted molar refractivity (Wildman–Crippen MR) is 210 cm³/mol. The molecular formula is C44H38N4O4. The van der Waals surface area contributed by atoms with Crippen molar-refractivity contribution in [1.82, 2.24) is 0 Å². The van der Waals surface area contributed by atoms with Crippen molar-refractivity contribution in [1.29, 1.82) is 0 Å². The van der Waals surface area contributed by atoms with Gasteiger partial charge in [-0.2, -0.15) is 0 Å². The molecule has 7 aromatic carbocycles. The van der Waals surface area contributed by atoms with Gasteiger partial charge in [0.1, 0.15) is 46.0 Å². The van der Waals surface area contributed by atoms with Crippen molar-refractivity contribution in [2.45, 2.75) is 13.3 Å². The van der Waals surface area contributed by atoms with E-state index in [2.05, 4.69) is 6.92 Å². The SMILES string of the molecule is CCc1c(Oc2ccc(N)cc2)cc(-c2ccc(Oc3ccc(N)cc3)cc2)c(Oc2ccc(N)cc2)c1-c1ccc(Oc2ccc(N)cc2)cc1. The van der Waals surface area contributed by atoms with E-state index < -0.39 is 0 Å². The molecule has 0 aliphatic heterocycles. The van der Waals surface area contributed by atoms with Crippen molar-refractivity contribution in [3.05, 3.63) is 157 Å². The Balaban J connectivity index is 1.37. The summed E-state index contributed by atoms with van der Waals surface area (Å²) in [6, 6.07) is 47.1. The summed E-state index contributed by atoms with van der Waals surface area (Å²) < 4.78 is 25.7. The summed E-state index contributed by atoms with van der Waals surface area (Å²) >= 11 is 0. The average Bonchev–Trinajstić information content (AvgIpc) is 3.16. The van der Waals surface area contributed by atoms with Gasteiger partial charge in [-0.15, -0.1) is 0 Å². The lowest BCUT2D eigenvalue weighted by Crippen LogP contribution is -2.01.